The Labute approximate surface area is 171 Å². The number of anilines is 1. The third kappa shape index (κ3) is 6.21. The van der Waals surface area contributed by atoms with Crippen molar-refractivity contribution in [3.8, 4) is 5.75 Å². The molecule has 0 fully saturated rings. The van der Waals surface area contributed by atoms with Crippen LogP contribution >= 0.6 is 12.2 Å². The topological polar surface area (TPSA) is 45.6 Å². The molecular weight excluding hydrogens is 366 g/mol. The summed E-state index contributed by atoms with van der Waals surface area (Å²) in [5, 5.41) is 8.16. The summed E-state index contributed by atoms with van der Waals surface area (Å²) in [5.41, 5.74) is 7.30. The second-order valence-electron chi connectivity index (χ2n) is 6.30. The van der Waals surface area contributed by atoms with E-state index >= 15 is 0 Å². The molecule has 2 N–H and O–H groups in total. The van der Waals surface area contributed by atoms with Crippen LogP contribution in [-0.4, -0.2) is 17.9 Å². The number of benzene rings is 3. The second kappa shape index (κ2) is 10.2. The largest absolute Gasteiger partial charge is 0.497 e. The molecule has 5 heteroatoms. The monoisotopic (exact) mass is 389 g/mol. The van der Waals surface area contributed by atoms with Crippen LogP contribution in [0.25, 0.3) is 0 Å². The highest BCUT2D eigenvalue weighted by atomic mass is 32.1. The van der Waals surface area contributed by atoms with Gasteiger partial charge in [0.15, 0.2) is 5.11 Å². The minimum Gasteiger partial charge on any atom is -0.497 e. The third-order valence-electron chi connectivity index (χ3n) is 4.17. The van der Waals surface area contributed by atoms with Crippen LogP contribution in [0.3, 0.4) is 0 Å². The molecule has 3 aromatic rings. The fourth-order valence-electron chi connectivity index (χ4n) is 2.77. The van der Waals surface area contributed by atoms with Crippen LogP contribution < -0.4 is 15.5 Å². The van der Waals surface area contributed by atoms with E-state index in [1.54, 1.807) is 7.11 Å². The van der Waals surface area contributed by atoms with E-state index in [0.29, 0.717) is 5.11 Å². The van der Waals surface area contributed by atoms with E-state index < -0.39 is 0 Å². The molecule has 0 aliphatic carbocycles. The van der Waals surface area contributed by atoms with Gasteiger partial charge in [0.25, 0.3) is 0 Å². The predicted octanol–water partition coefficient (Wildman–Crippen LogP) is 4.82. The van der Waals surface area contributed by atoms with Gasteiger partial charge in [-0.1, -0.05) is 60.7 Å². The Morgan fingerprint density at radius 2 is 1.36 bits per heavy atom. The highest BCUT2D eigenvalue weighted by Gasteiger charge is 2.05. The van der Waals surface area contributed by atoms with E-state index in [4.69, 9.17) is 17.0 Å². The molecule has 0 aliphatic rings. The zero-order valence-corrected chi connectivity index (χ0v) is 16.6. The Morgan fingerprint density at radius 1 is 0.821 bits per heavy atom. The highest BCUT2D eigenvalue weighted by molar-refractivity contribution is 7.80. The molecular formula is C23H23N3OS. The minimum absolute atomic E-state index is 0.448. The van der Waals surface area contributed by atoms with Crippen LogP contribution in [-0.2, 0) is 12.8 Å². The summed E-state index contributed by atoms with van der Waals surface area (Å²) < 4.78 is 5.17. The molecule has 0 unspecified atom stereocenters. The van der Waals surface area contributed by atoms with Crippen molar-refractivity contribution in [2.24, 2.45) is 5.10 Å². The van der Waals surface area contributed by atoms with E-state index in [-0.39, 0.29) is 0 Å². The molecule has 0 saturated carbocycles. The first kappa shape index (κ1) is 19.6. The first-order valence-corrected chi connectivity index (χ1v) is 9.48. The van der Waals surface area contributed by atoms with Crippen molar-refractivity contribution in [3.05, 3.63) is 96.1 Å². The molecule has 0 aromatic heterocycles. The smallest absolute Gasteiger partial charge is 0.191 e. The summed E-state index contributed by atoms with van der Waals surface area (Å²) in [6.07, 6.45) is 1.52. The molecule has 3 rings (SSSR count). The standard InChI is InChI=1S/C23H23N3OS/c1-27-22-14-12-20(13-15-22)24-23(28)26-25-21(16-18-8-4-2-5-9-18)17-19-10-6-3-7-11-19/h2-15H,16-17H2,1H3,(H2,24,26,28). The predicted molar refractivity (Wildman–Crippen MR) is 120 cm³/mol. The van der Waals surface area contributed by atoms with Gasteiger partial charge in [-0.2, -0.15) is 5.10 Å². The lowest BCUT2D eigenvalue weighted by atomic mass is 10.0. The molecule has 0 atom stereocenters. The average molecular weight is 390 g/mol. The molecule has 142 valence electrons. The van der Waals surface area contributed by atoms with Crippen molar-refractivity contribution < 1.29 is 4.74 Å². The Hall–Kier alpha value is -3.18. The lowest BCUT2D eigenvalue weighted by molar-refractivity contribution is 0.415. The number of ether oxygens (including phenoxy) is 1. The lowest BCUT2D eigenvalue weighted by Gasteiger charge is -2.11. The Kier molecular flexibility index (Phi) is 7.15. The maximum atomic E-state index is 5.38. The van der Waals surface area contributed by atoms with E-state index in [1.165, 1.54) is 11.1 Å². The first-order valence-electron chi connectivity index (χ1n) is 9.07. The van der Waals surface area contributed by atoms with Crippen molar-refractivity contribution in [3.63, 3.8) is 0 Å². The molecule has 0 bridgehead atoms. The molecule has 0 radical (unpaired) electrons. The summed E-state index contributed by atoms with van der Waals surface area (Å²) in [4.78, 5) is 0. The summed E-state index contributed by atoms with van der Waals surface area (Å²) >= 11 is 5.38. The quantitative estimate of drug-likeness (QED) is 0.345. The summed E-state index contributed by atoms with van der Waals surface area (Å²) in [6.45, 7) is 0. The lowest BCUT2D eigenvalue weighted by Crippen LogP contribution is -2.26. The zero-order valence-electron chi connectivity index (χ0n) is 15.8. The van der Waals surface area contributed by atoms with E-state index in [9.17, 15) is 0 Å². The Morgan fingerprint density at radius 3 is 1.86 bits per heavy atom. The van der Waals surface area contributed by atoms with Crippen molar-refractivity contribution in [2.75, 3.05) is 12.4 Å². The Bertz CT molecular complexity index is 866. The van der Waals surface area contributed by atoms with Crippen molar-refractivity contribution in [1.29, 1.82) is 0 Å². The van der Waals surface area contributed by atoms with Gasteiger partial charge < -0.3 is 10.1 Å². The summed E-state index contributed by atoms with van der Waals surface area (Å²) in [6, 6.07) is 28.2. The van der Waals surface area contributed by atoms with Crippen LogP contribution in [0, 0.1) is 0 Å². The fraction of sp³-hybridized carbons (Fsp3) is 0.130. The molecule has 0 amide bonds. The molecule has 3 aromatic carbocycles. The molecule has 28 heavy (non-hydrogen) atoms. The molecule has 4 nitrogen and oxygen atoms in total. The SMILES string of the molecule is COc1ccc(NC(=S)NN=C(Cc2ccccc2)Cc2ccccc2)cc1. The van der Waals surface area contributed by atoms with Gasteiger partial charge in [-0.15, -0.1) is 0 Å². The van der Waals surface area contributed by atoms with Crippen LogP contribution in [0.1, 0.15) is 11.1 Å². The number of hydrogen-bond acceptors (Lipinski definition) is 3. The van der Waals surface area contributed by atoms with Crippen LogP contribution in [0.5, 0.6) is 5.75 Å². The van der Waals surface area contributed by atoms with Gasteiger partial charge in [0, 0.05) is 24.2 Å². The van der Waals surface area contributed by atoms with Crippen molar-refractivity contribution in [2.45, 2.75) is 12.8 Å². The number of methoxy groups -OCH3 is 1. The number of hydrazone groups is 1. The number of nitrogens with zero attached hydrogens (tertiary/aromatic N) is 1. The highest BCUT2D eigenvalue weighted by Crippen LogP contribution is 2.14. The third-order valence-corrected chi connectivity index (χ3v) is 4.36. The van der Waals surface area contributed by atoms with Gasteiger partial charge in [0.2, 0.25) is 0 Å². The maximum Gasteiger partial charge on any atom is 0.191 e. The summed E-state index contributed by atoms with van der Waals surface area (Å²) in [7, 11) is 1.64. The van der Waals surface area contributed by atoms with Gasteiger partial charge >= 0.3 is 0 Å². The van der Waals surface area contributed by atoms with E-state index in [2.05, 4.69) is 40.1 Å². The first-order chi connectivity index (χ1) is 13.7. The number of hydrogen-bond donors (Lipinski definition) is 2. The Balaban J connectivity index is 1.67. The molecule has 0 aliphatic heterocycles. The van der Waals surface area contributed by atoms with Gasteiger partial charge in [-0.3, -0.25) is 5.43 Å². The molecule has 0 spiro atoms. The number of thiocarbonyl (C=S) groups is 1. The molecule has 0 heterocycles. The van der Waals surface area contributed by atoms with Crippen LogP contribution in [0.2, 0.25) is 0 Å². The maximum absolute atomic E-state index is 5.38. The van der Waals surface area contributed by atoms with Crippen molar-refractivity contribution in [1.82, 2.24) is 5.43 Å². The van der Waals surface area contributed by atoms with E-state index in [0.717, 1.165) is 30.0 Å². The van der Waals surface area contributed by atoms with Crippen LogP contribution in [0.4, 0.5) is 5.69 Å². The summed E-state index contributed by atoms with van der Waals surface area (Å²) in [5.74, 6) is 0.801. The van der Waals surface area contributed by atoms with Gasteiger partial charge in [0.1, 0.15) is 5.75 Å². The van der Waals surface area contributed by atoms with Crippen molar-refractivity contribution >= 4 is 28.7 Å². The van der Waals surface area contributed by atoms with Gasteiger partial charge in [0.05, 0.1) is 7.11 Å². The van der Waals surface area contributed by atoms with Gasteiger partial charge in [-0.05, 0) is 47.6 Å². The minimum atomic E-state index is 0.448. The number of rotatable bonds is 7. The fourth-order valence-corrected chi connectivity index (χ4v) is 2.93. The zero-order chi connectivity index (χ0) is 19.6. The average Bonchev–Trinajstić information content (AvgIpc) is 2.74. The molecule has 0 saturated heterocycles. The van der Waals surface area contributed by atoms with E-state index in [1.807, 2.05) is 60.7 Å². The van der Waals surface area contributed by atoms with Crippen LogP contribution in [0.15, 0.2) is 90.0 Å². The normalized spacial score (nSPS) is 10.0. The van der Waals surface area contributed by atoms with Gasteiger partial charge in [-0.25, -0.2) is 0 Å². The number of nitrogens with one attached hydrogen (secondary N) is 2. The second-order valence-corrected chi connectivity index (χ2v) is 6.71.